The maximum atomic E-state index is 11.5. The van der Waals surface area contributed by atoms with E-state index in [9.17, 15) is 19.5 Å². The van der Waals surface area contributed by atoms with Crippen molar-refractivity contribution >= 4 is 24.1 Å². The molecule has 0 aliphatic rings. The zero-order chi connectivity index (χ0) is 19.2. The first-order valence-corrected chi connectivity index (χ1v) is 10.1. The molecule has 138 valence electrons. The Morgan fingerprint density at radius 3 is 2.42 bits per heavy atom. The Bertz CT molecular complexity index is 1030. The lowest BCUT2D eigenvalue weighted by Crippen LogP contribution is -1.98. The van der Waals surface area contributed by atoms with E-state index in [1.54, 1.807) is 6.07 Å². The highest BCUT2D eigenvalue weighted by atomic mass is 31.2. The van der Waals surface area contributed by atoms with Gasteiger partial charge in [-0.3, -0.25) is 4.57 Å². The second-order valence-corrected chi connectivity index (χ2v) is 8.59. The van der Waals surface area contributed by atoms with Gasteiger partial charge in [-0.1, -0.05) is 26.0 Å². The lowest BCUT2D eigenvalue weighted by molar-refractivity contribution is 0.378. The molecule has 0 atom stereocenters. The number of hydrogen-bond acceptors (Lipinski definition) is 3. The van der Waals surface area contributed by atoms with Crippen LogP contribution in [0.1, 0.15) is 47.6 Å². The summed E-state index contributed by atoms with van der Waals surface area (Å²) < 4.78 is 16.9. The lowest BCUT2D eigenvalue weighted by atomic mass is 9.91. The Kier molecular flexibility index (Phi) is 4.74. The second-order valence-electron chi connectivity index (χ2n) is 7.06. The van der Waals surface area contributed by atoms with Crippen LogP contribution in [0.4, 0.5) is 0 Å². The molecule has 1 heterocycles. The molecule has 2 aromatic carbocycles. The average molecular weight is 374 g/mol. The van der Waals surface area contributed by atoms with Crippen LogP contribution in [0.5, 0.6) is 5.75 Å². The highest BCUT2D eigenvalue weighted by Crippen LogP contribution is 2.37. The van der Waals surface area contributed by atoms with Crippen LogP contribution in [-0.2, 0) is 11.0 Å². The van der Waals surface area contributed by atoms with E-state index in [0.717, 1.165) is 27.8 Å². The normalized spacial score (nSPS) is 12.3. The number of phenols is 1. The van der Waals surface area contributed by atoms with Crippen molar-refractivity contribution in [2.24, 2.45) is 0 Å². The number of aromatic hydroxyl groups is 1. The summed E-state index contributed by atoms with van der Waals surface area (Å²) in [5.41, 5.74) is 5.20. The summed E-state index contributed by atoms with van der Waals surface area (Å²) in [4.78, 5) is 18.7. The molecule has 0 spiro atoms. The first-order valence-electron chi connectivity index (χ1n) is 8.48. The Labute approximate surface area is 152 Å². The highest BCUT2D eigenvalue weighted by Gasteiger charge is 2.24. The van der Waals surface area contributed by atoms with Crippen LogP contribution in [0.25, 0.3) is 11.0 Å². The largest absolute Gasteiger partial charge is 0.508 e. The SMILES string of the molecule is Cc1cc2oc(P(=O)(O)O)cc2c(C)c1Cc1ccc(O)c(C(C)C)c1. The van der Waals surface area contributed by atoms with Gasteiger partial charge in [-0.05, 0) is 66.1 Å². The smallest absolute Gasteiger partial charge is 0.391 e. The molecule has 0 fully saturated rings. The van der Waals surface area contributed by atoms with E-state index in [2.05, 4.69) is 0 Å². The molecule has 5 nitrogen and oxygen atoms in total. The zero-order valence-electron chi connectivity index (χ0n) is 15.3. The Morgan fingerprint density at radius 2 is 1.81 bits per heavy atom. The van der Waals surface area contributed by atoms with E-state index in [1.807, 2.05) is 45.9 Å². The molecule has 0 aliphatic heterocycles. The molecule has 0 saturated heterocycles. The van der Waals surface area contributed by atoms with Gasteiger partial charge in [-0.15, -0.1) is 0 Å². The van der Waals surface area contributed by atoms with Gasteiger partial charge in [0.15, 0.2) is 0 Å². The van der Waals surface area contributed by atoms with Crippen molar-refractivity contribution in [2.45, 2.75) is 40.0 Å². The van der Waals surface area contributed by atoms with Crippen LogP contribution in [0.15, 0.2) is 34.7 Å². The summed E-state index contributed by atoms with van der Waals surface area (Å²) in [6.45, 7) is 7.98. The molecule has 1 aromatic heterocycles. The standard InChI is InChI=1S/C20H23O5P/c1-11(2)15-8-14(5-6-18(15)21)9-16-12(3)7-19-17(13(16)4)10-20(25-19)26(22,23)24/h5-8,10-11,21H,9H2,1-4H3,(H2,22,23,24). The molecule has 3 aromatic rings. The third-order valence-electron chi connectivity index (χ3n) is 4.81. The molecule has 0 bridgehead atoms. The summed E-state index contributed by atoms with van der Waals surface area (Å²) >= 11 is 0. The van der Waals surface area contributed by atoms with Crippen LogP contribution in [0, 0.1) is 13.8 Å². The van der Waals surface area contributed by atoms with E-state index in [-0.39, 0.29) is 11.4 Å². The van der Waals surface area contributed by atoms with Crippen LogP contribution in [0.2, 0.25) is 0 Å². The van der Waals surface area contributed by atoms with Gasteiger partial charge in [0.25, 0.3) is 0 Å². The second kappa shape index (κ2) is 6.58. The Balaban J connectivity index is 2.08. The number of phenolic OH excluding ortho intramolecular Hbond substituents is 1. The fraction of sp³-hybridized carbons (Fsp3) is 0.300. The summed E-state index contributed by atoms with van der Waals surface area (Å²) in [5, 5.41) is 10.7. The minimum absolute atomic E-state index is 0.222. The molecule has 0 aliphatic carbocycles. The topological polar surface area (TPSA) is 90.9 Å². The van der Waals surface area contributed by atoms with Crippen molar-refractivity contribution in [1.82, 2.24) is 0 Å². The van der Waals surface area contributed by atoms with Gasteiger partial charge in [0.05, 0.1) is 0 Å². The summed E-state index contributed by atoms with van der Waals surface area (Å²) in [5.74, 6) is 0.521. The first kappa shape index (κ1) is 18.7. The molecular formula is C20H23O5P. The number of benzene rings is 2. The van der Waals surface area contributed by atoms with Gasteiger partial charge < -0.3 is 19.3 Å². The van der Waals surface area contributed by atoms with E-state index in [1.165, 1.54) is 6.07 Å². The molecule has 0 saturated carbocycles. The number of fused-ring (bicyclic) bond motifs is 1. The zero-order valence-corrected chi connectivity index (χ0v) is 16.2. The quantitative estimate of drug-likeness (QED) is 0.593. The molecule has 0 radical (unpaired) electrons. The van der Waals surface area contributed by atoms with Crippen LogP contribution < -0.4 is 5.50 Å². The van der Waals surface area contributed by atoms with Crippen molar-refractivity contribution < 1.29 is 23.9 Å². The monoisotopic (exact) mass is 374 g/mol. The van der Waals surface area contributed by atoms with E-state index < -0.39 is 7.60 Å². The van der Waals surface area contributed by atoms with Crippen LogP contribution in [0.3, 0.4) is 0 Å². The van der Waals surface area contributed by atoms with E-state index in [4.69, 9.17) is 4.42 Å². The molecule has 0 amide bonds. The van der Waals surface area contributed by atoms with Gasteiger partial charge in [0.2, 0.25) is 5.50 Å². The third-order valence-corrected chi connectivity index (χ3v) is 5.60. The number of aryl methyl sites for hydroxylation is 2. The minimum Gasteiger partial charge on any atom is -0.508 e. The van der Waals surface area contributed by atoms with Gasteiger partial charge in [0.1, 0.15) is 11.3 Å². The van der Waals surface area contributed by atoms with Gasteiger partial charge in [0, 0.05) is 11.5 Å². The van der Waals surface area contributed by atoms with Crippen molar-refractivity contribution in [3.05, 3.63) is 58.1 Å². The van der Waals surface area contributed by atoms with Crippen molar-refractivity contribution in [3.8, 4) is 5.75 Å². The average Bonchev–Trinajstić information content (AvgIpc) is 2.97. The molecule has 6 heteroatoms. The maximum absolute atomic E-state index is 11.5. The number of rotatable bonds is 4. The third kappa shape index (κ3) is 3.43. The fourth-order valence-electron chi connectivity index (χ4n) is 3.33. The Hall–Kier alpha value is -2.07. The Morgan fingerprint density at radius 1 is 1.12 bits per heavy atom. The summed E-state index contributed by atoms with van der Waals surface area (Å²) in [7, 11) is -4.42. The molecule has 3 rings (SSSR count). The minimum atomic E-state index is -4.42. The molecular weight excluding hydrogens is 351 g/mol. The highest BCUT2D eigenvalue weighted by molar-refractivity contribution is 7.59. The van der Waals surface area contributed by atoms with Crippen LogP contribution in [-0.4, -0.2) is 14.9 Å². The maximum Gasteiger partial charge on any atom is 0.391 e. The lowest BCUT2D eigenvalue weighted by Gasteiger charge is -2.14. The predicted octanol–water partition coefficient (Wildman–Crippen LogP) is 4.27. The van der Waals surface area contributed by atoms with Gasteiger partial charge in [-0.2, -0.15) is 0 Å². The molecule has 3 N–H and O–H groups in total. The van der Waals surface area contributed by atoms with E-state index >= 15 is 0 Å². The van der Waals surface area contributed by atoms with Crippen LogP contribution >= 0.6 is 7.60 Å². The molecule has 26 heavy (non-hydrogen) atoms. The fourth-order valence-corrected chi connectivity index (χ4v) is 3.84. The number of furan rings is 1. The van der Waals surface area contributed by atoms with Gasteiger partial charge >= 0.3 is 7.60 Å². The van der Waals surface area contributed by atoms with E-state index in [0.29, 0.717) is 23.1 Å². The van der Waals surface area contributed by atoms with Crippen molar-refractivity contribution in [1.29, 1.82) is 0 Å². The van der Waals surface area contributed by atoms with Gasteiger partial charge in [-0.25, -0.2) is 0 Å². The number of hydrogen-bond donors (Lipinski definition) is 3. The first-order chi connectivity index (χ1) is 12.1. The van der Waals surface area contributed by atoms with Crippen molar-refractivity contribution in [2.75, 3.05) is 0 Å². The molecule has 0 unspecified atom stereocenters. The predicted molar refractivity (Wildman–Crippen MR) is 102 cm³/mol. The van der Waals surface area contributed by atoms with Crippen molar-refractivity contribution in [3.63, 3.8) is 0 Å². The summed E-state index contributed by atoms with van der Waals surface area (Å²) in [6, 6.07) is 8.89. The summed E-state index contributed by atoms with van der Waals surface area (Å²) in [6.07, 6.45) is 0.671.